The van der Waals surface area contributed by atoms with Crippen molar-refractivity contribution < 1.29 is 9.59 Å². The van der Waals surface area contributed by atoms with E-state index in [1.54, 1.807) is 4.90 Å². The Balaban J connectivity index is 1.72. The number of carbonyl (C=O) groups is 2. The van der Waals surface area contributed by atoms with Gasteiger partial charge in [0.15, 0.2) is 0 Å². The third-order valence-corrected chi connectivity index (χ3v) is 4.57. The lowest BCUT2D eigenvalue weighted by Gasteiger charge is -2.37. The number of piperazine rings is 1. The van der Waals surface area contributed by atoms with E-state index < -0.39 is 0 Å². The van der Waals surface area contributed by atoms with Crippen molar-refractivity contribution in [3.63, 3.8) is 0 Å². The zero-order valence-electron chi connectivity index (χ0n) is 12.3. The maximum atomic E-state index is 12.7. The SMILES string of the molecule is O=C1CN(Cc2ccccc2)C(=O)[C@H](C2CCCCC2)N1. The van der Waals surface area contributed by atoms with Crippen molar-refractivity contribution in [2.75, 3.05) is 6.54 Å². The molecule has 1 aliphatic heterocycles. The molecule has 1 aromatic carbocycles. The van der Waals surface area contributed by atoms with Crippen molar-refractivity contribution in [1.29, 1.82) is 0 Å². The predicted octanol–water partition coefficient (Wildman–Crippen LogP) is 2.09. The van der Waals surface area contributed by atoms with Crippen LogP contribution in [0.4, 0.5) is 0 Å². The van der Waals surface area contributed by atoms with Crippen molar-refractivity contribution in [1.82, 2.24) is 10.2 Å². The quantitative estimate of drug-likeness (QED) is 0.925. The van der Waals surface area contributed by atoms with Gasteiger partial charge in [-0.05, 0) is 24.3 Å². The summed E-state index contributed by atoms with van der Waals surface area (Å²) in [6.07, 6.45) is 5.69. The van der Waals surface area contributed by atoms with Crippen molar-refractivity contribution in [3.8, 4) is 0 Å². The first-order chi connectivity index (χ1) is 10.2. The summed E-state index contributed by atoms with van der Waals surface area (Å²) in [4.78, 5) is 26.3. The van der Waals surface area contributed by atoms with Gasteiger partial charge in [-0.3, -0.25) is 9.59 Å². The minimum atomic E-state index is -0.310. The molecule has 1 saturated carbocycles. The van der Waals surface area contributed by atoms with E-state index in [9.17, 15) is 9.59 Å². The highest BCUT2D eigenvalue weighted by molar-refractivity contribution is 5.95. The molecule has 21 heavy (non-hydrogen) atoms. The summed E-state index contributed by atoms with van der Waals surface area (Å²) in [5.74, 6) is 0.375. The highest BCUT2D eigenvalue weighted by Gasteiger charge is 2.37. The molecule has 112 valence electrons. The van der Waals surface area contributed by atoms with Gasteiger partial charge in [0.25, 0.3) is 0 Å². The van der Waals surface area contributed by atoms with E-state index in [1.807, 2.05) is 30.3 Å². The monoisotopic (exact) mass is 286 g/mol. The van der Waals surface area contributed by atoms with Crippen LogP contribution in [0.1, 0.15) is 37.7 Å². The van der Waals surface area contributed by atoms with Crippen LogP contribution in [0, 0.1) is 5.92 Å². The Labute approximate surface area is 125 Å². The molecule has 4 heteroatoms. The Bertz CT molecular complexity index is 509. The Morgan fingerprint density at radius 3 is 2.48 bits per heavy atom. The third kappa shape index (κ3) is 3.26. The Hall–Kier alpha value is -1.84. The molecule has 0 unspecified atom stereocenters. The van der Waals surface area contributed by atoms with E-state index in [0.29, 0.717) is 12.5 Å². The van der Waals surface area contributed by atoms with Gasteiger partial charge >= 0.3 is 0 Å². The summed E-state index contributed by atoms with van der Waals surface area (Å²) in [5.41, 5.74) is 1.07. The lowest BCUT2D eigenvalue weighted by Crippen LogP contribution is -2.60. The topological polar surface area (TPSA) is 49.4 Å². The smallest absolute Gasteiger partial charge is 0.246 e. The molecule has 2 amide bonds. The average molecular weight is 286 g/mol. The van der Waals surface area contributed by atoms with Gasteiger partial charge in [-0.1, -0.05) is 49.6 Å². The summed E-state index contributed by atoms with van der Waals surface area (Å²) in [6.45, 7) is 0.702. The molecule has 4 nitrogen and oxygen atoms in total. The molecule has 1 N–H and O–H groups in total. The second-order valence-corrected chi connectivity index (χ2v) is 6.12. The van der Waals surface area contributed by atoms with Crippen LogP contribution in [0.5, 0.6) is 0 Å². The van der Waals surface area contributed by atoms with Gasteiger partial charge in [0, 0.05) is 6.54 Å². The normalized spacial score (nSPS) is 24.0. The molecule has 2 fully saturated rings. The van der Waals surface area contributed by atoms with Gasteiger partial charge in [-0.15, -0.1) is 0 Å². The fourth-order valence-corrected chi connectivity index (χ4v) is 3.45. The van der Waals surface area contributed by atoms with E-state index in [1.165, 1.54) is 19.3 Å². The van der Waals surface area contributed by atoms with Crippen LogP contribution >= 0.6 is 0 Å². The number of nitrogens with one attached hydrogen (secondary N) is 1. The molecule has 0 bridgehead atoms. The van der Waals surface area contributed by atoms with E-state index in [2.05, 4.69) is 5.32 Å². The number of benzene rings is 1. The van der Waals surface area contributed by atoms with Crippen LogP contribution < -0.4 is 5.32 Å². The Kier molecular flexibility index (Phi) is 4.23. The van der Waals surface area contributed by atoms with Gasteiger partial charge in [-0.25, -0.2) is 0 Å². The second-order valence-electron chi connectivity index (χ2n) is 6.12. The first-order valence-electron chi connectivity index (χ1n) is 7.86. The minimum absolute atomic E-state index is 0.0268. The van der Waals surface area contributed by atoms with Gasteiger partial charge in [0.2, 0.25) is 11.8 Å². The van der Waals surface area contributed by atoms with Crippen LogP contribution in [0.3, 0.4) is 0 Å². The molecule has 3 rings (SSSR count). The lowest BCUT2D eigenvalue weighted by atomic mass is 9.82. The van der Waals surface area contributed by atoms with Crippen molar-refractivity contribution in [2.24, 2.45) is 5.92 Å². The molecular weight excluding hydrogens is 264 g/mol. The molecule has 1 aromatic rings. The summed E-state index contributed by atoms with van der Waals surface area (Å²) in [5, 5.41) is 2.92. The highest BCUT2D eigenvalue weighted by Crippen LogP contribution is 2.28. The number of hydrogen-bond acceptors (Lipinski definition) is 2. The molecule has 1 atom stereocenters. The first kappa shape index (κ1) is 14.1. The zero-order valence-corrected chi connectivity index (χ0v) is 12.3. The summed E-state index contributed by atoms with van der Waals surface area (Å²) in [7, 11) is 0. The molecule has 2 aliphatic rings. The molecule has 1 saturated heterocycles. The molecule has 1 aliphatic carbocycles. The van der Waals surface area contributed by atoms with Crippen LogP contribution in [0.2, 0.25) is 0 Å². The van der Waals surface area contributed by atoms with E-state index in [4.69, 9.17) is 0 Å². The van der Waals surface area contributed by atoms with E-state index in [-0.39, 0.29) is 24.4 Å². The number of rotatable bonds is 3. The van der Waals surface area contributed by atoms with Crippen molar-refractivity contribution in [3.05, 3.63) is 35.9 Å². The predicted molar refractivity (Wildman–Crippen MR) is 80.4 cm³/mol. The van der Waals surface area contributed by atoms with Crippen LogP contribution in [-0.2, 0) is 16.1 Å². The van der Waals surface area contributed by atoms with Crippen LogP contribution in [0.15, 0.2) is 30.3 Å². The van der Waals surface area contributed by atoms with Crippen LogP contribution in [-0.4, -0.2) is 29.3 Å². The Morgan fingerprint density at radius 1 is 1.05 bits per heavy atom. The molecule has 0 spiro atoms. The molecule has 0 radical (unpaired) electrons. The first-order valence-corrected chi connectivity index (χ1v) is 7.86. The second kappa shape index (κ2) is 6.29. The standard InChI is InChI=1S/C17H22N2O2/c20-15-12-19(11-13-7-3-1-4-8-13)17(21)16(18-15)14-9-5-2-6-10-14/h1,3-4,7-8,14,16H,2,5-6,9-12H2,(H,18,20)/t16-/m0/s1. The summed E-state index contributed by atoms with van der Waals surface area (Å²) >= 11 is 0. The number of hydrogen-bond donors (Lipinski definition) is 1. The van der Waals surface area contributed by atoms with Crippen LogP contribution in [0.25, 0.3) is 0 Å². The zero-order chi connectivity index (χ0) is 14.7. The summed E-state index contributed by atoms with van der Waals surface area (Å²) < 4.78 is 0. The van der Waals surface area contributed by atoms with Gasteiger partial charge in [0.1, 0.15) is 6.04 Å². The minimum Gasteiger partial charge on any atom is -0.342 e. The van der Waals surface area contributed by atoms with E-state index >= 15 is 0 Å². The largest absolute Gasteiger partial charge is 0.342 e. The maximum Gasteiger partial charge on any atom is 0.246 e. The maximum absolute atomic E-state index is 12.7. The number of amides is 2. The number of carbonyl (C=O) groups excluding carboxylic acids is 2. The Morgan fingerprint density at radius 2 is 1.76 bits per heavy atom. The highest BCUT2D eigenvalue weighted by atomic mass is 16.2. The third-order valence-electron chi connectivity index (χ3n) is 4.57. The van der Waals surface area contributed by atoms with Crippen molar-refractivity contribution >= 4 is 11.8 Å². The molecular formula is C17H22N2O2. The summed E-state index contributed by atoms with van der Waals surface area (Å²) in [6, 6.07) is 9.56. The molecule has 1 heterocycles. The van der Waals surface area contributed by atoms with Crippen molar-refractivity contribution in [2.45, 2.75) is 44.7 Å². The van der Waals surface area contributed by atoms with E-state index in [0.717, 1.165) is 18.4 Å². The average Bonchev–Trinajstić information content (AvgIpc) is 2.52. The fraction of sp³-hybridized carbons (Fsp3) is 0.529. The number of nitrogens with zero attached hydrogens (tertiary/aromatic N) is 1. The molecule has 0 aromatic heterocycles. The fourth-order valence-electron chi connectivity index (χ4n) is 3.45. The lowest BCUT2D eigenvalue weighted by molar-refractivity contribution is -0.146. The van der Waals surface area contributed by atoms with Gasteiger partial charge in [-0.2, -0.15) is 0 Å². The van der Waals surface area contributed by atoms with Gasteiger partial charge < -0.3 is 10.2 Å². The van der Waals surface area contributed by atoms with Gasteiger partial charge in [0.05, 0.1) is 6.54 Å².